The second-order valence-electron chi connectivity index (χ2n) is 8.35. The number of pyridine rings is 1. The average molecular weight is 672 g/mol. The van der Waals surface area contributed by atoms with Crippen LogP contribution in [0.2, 0.25) is 10.0 Å². The van der Waals surface area contributed by atoms with E-state index in [-0.39, 0.29) is 41.8 Å². The van der Waals surface area contributed by atoms with Crippen LogP contribution in [0, 0.1) is 6.92 Å². The van der Waals surface area contributed by atoms with Crippen molar-refractivity contribution in [1.82, 2.24) is 14.7 Å². The SMILES string of the molecule is Cc1nc2c(OCc3c(Cl)ccc(N(C)C(=O)CNC(=O)Nc4cccc(C(=O)O)c4)c3Cl)cccn2c1Br.Cl. The Morgan fingerprint density at radius 3 is 2.62 bits per heavy atom. The van der Waals surface area contributed by atoms with Crippen molar-refractivity contribution in [2.75, 3.05) is 23.8 Å². The van der Waals surface area contributed by atoms with E-state index >= 15 is 0 Å². The molecule has 0 atom stereocenters. The number of imidazole rings is 1. The van der Waals surface area contributed by atoms with Gasteiger partial charge in [0.2, 0.25) is 5.91 Å². The number of amides is 3. The van der Waals surface area contributed by atoms with E-state index in [0.717, 1.165) is 10.3 Å². The monoisotopic (exact) mass is 669 g/mol. The first-order chi connectivity index (χ1) is 18.6. The molecule has 2 aromatic carbocycles. The van der Waals surface area contributed by atoms with Gasteiger partial charge in [-0.3, -0.25) is 9.20 Å². The predicted octanol–water partition coefficient (Wildman–Crippen LogP) is 6.20. The average Bonchev–Trinajstić information content (AvgIpc) is 3.20. The number of carbonyl (C=O) groups is 3. The van der Waals surface area contributed by atoms with Gasteiger partial charge in [0.15, 0.2) is 11.4 Å². The van der Waals surface area contributed by atoms with E-state index in [0.29, 0.717) is 27.7 Å². The molecule has 3 amide bonds. The largest absolute Gasteiger partial charge is 0.485 e. The number of fused-ring (bicyclic) bond motifs is 1. The highest BCUT2D eigenvalue weighted by Crippen LogP contribution is 2.35. The molecule has 0 aliphatic carbocycles. The van der Waals surface area contributed by atoms with E-state index in [1.807, 2.05) is 23.6 Å². The number of carbonyl (C=O) groups excluding carboxylic acids is 2. The number of anilines is 2. The molecule has 0 aliphatic rings. The maximum atomic E-state index is 12.8. The highest BCUT2D eigenvalue weighted by molar-refractivity contribution is 9.10. The molecule has 0 spiro atoms. The number of aromatic nitrogens is 2. The summed E-state index contributed by atoms with van der Waals surface area (Å²) in [7, 11) is 1.52. The van der Waals surface area contributed by atoms with Gasteiger partial charge in [0.05, 0.1) is 28.5 Å². The Labute approximate surface area is 253 Å². The van der Waals surface area contributed by atoms with Crippen molar-refractivity contribution in [3.05, 3.63) is 86.2 Å². The third-order valence-corrected chi connectivity index (χ3v) is 7.49. The fourth-order valence-electron chi connectivity index (χ4n) is 3.68. The fraction of sp³-hybridized carbons (Fsp3) is 0.154. The van der Waals surface area contributed by atoms with Gasteiger partial charge >= 0.3 is 12.0 Å². The maximum absolute atomic E-state index is 12.8. The Kier molecular flexibility index (Phi) is 10.3. The van der Waals surface area contributed by atoms with E-state index < -0.39 is 17.9 Å². The molecule has 0 fully saturated rings. The number of nitrogens with one attached hydrogen (secondary N) is 2. The zero-order chi connectivity index (χ0) is 28.3. The zero-order valence-electron chi connectivity index (χ0n) is 21.1. The number of likely N-dealkylation sites (N-methyl/N-ethyl adjacent to an activating group) is 1. The summed E-state index contributed by atoms with van der Waals surface area (Å²) in [5.74, 6) is -1.05. The van der Waals surface area contributed by atoms with E-state index in [9.17, 15) is 14.4 Å². The number of carboxylic acids is 1. The van der Waals surface area contributed by atoms with Crippen molar-refractivity contribution in [1.29, 1.82) is 0 Å². The number of urea groups is 1. The number of aromatic carboxylic acids is 1. The Hall–Kier alpha value is -3.51. The van der Waals surface area contributed by atoms with Crippen LogP contribution in [0.4, 0.5) is 16.2 Å². The number of aryl methyl sites for hydroxylation is 1. The van der Waals surface area contributed by atoms with E-state index in [4.69, 9.17) is 33.0 Å². The number of nitrogens with zero attached hydrogens (tertiary/aromatic N) is 3. The van der Waals surface area contributed by atoms with Gasteiger partial charge in [0, 0.05) is 29.5 Å². The smallest absolute Gasteiger partial charge is 0.335 e. The third-order valence-electron chi connectivity index (χ3n) is 5.76. The van der Waals surface area contributed by atoms with Crippen LogP contribution in [-0.4, -0.2) is 46.0 Å². The van der Waals surface area contributed by atoms with Crippen molar-refractivity contribution in [3.63, 3.8) is 0 Å². The molecule has 10 nitrogen and oxygen atoms in total. The van der Waals surface area contributed by atoms with Gasteiger partial charge in [0.1, 0.15) is 11.2 Å². The molecular formula is C26H23BrCl3N5O5. The number of ether oxygens (including phenoxy) is 1. The minimum atomic E-state index is -1.12. The normalized spacial score (nSPS) is 10.5. The van der Waals surface area contributed by atoms with Gasteiger partial charge < -0.3 is 25.4 Å². The Morgan fingerprint density at radius 1 is 1.15 bits per heavy atom. The second-order valence-corrected chi connectivity index (χ2v) is 9.88. The number of rotatable bonds is 8. The molecule has 0 bridgehead atoms. The van der Waals surface area contributed by atoms with Crippen LogP contribution < -0.4 is 20.3 Å². The standard InChI is InChI=1S/C26H22BrCl2N5O5.ClH/c1-14-23(27)34-10-4-7-20(24(34)31-14)39-13-17-18(28)8-9-19(22(17)29)33(2)21(35)12-30-26(38)32-16-6-3-5-15(11-16)25(36)37;/h3-11H,12-13H2,1-2H3,(H,36,37)(H2,30,32,38);1H. The number of hydrogen-bond acceptors (Lipinski definition) is 5. The Bertz CT molecular complexity index is 1600. The summed E-state index contributed by atoms with van der Waals surface area (Å²) in [6.07, 6.45) is 1.86. The molecule has 0 unspecified atom stereocenters. The summed E-state index contributed by atoms with van der Waals surface area (Å²) in [6.45, 7) is 1.55. The van der Waals surface area contributed by atoms with Crippen LogP contribution in [-0.2, 0) is 11.4 Å². The summed E-state index contributed by atoms with van der Waals surface area (Å²) in [5.41, 5.74) is 2.57. The van der Waals surface area contributed by atoms with Gasteiger partial charge in [-0.2, -0.15) is 0 Å². The van der Waals surface area contributed by atoms with E-state index in [1.54, 1.807) is 18.2 Å². The van der Waals surface area contributed by atoms with Crippen LogP contribution in [0.15, 0.2) is 59.3 Å². The summed E-state index contributed by atoms with van der Waals surface area (Å²) in [4.78, 5) is 42.0. The van der Waals surface area contributed by atoms with Gasteiger partial charge in [0.25, 0.3) is 0 Å². The first kappa shape index (κ1) is 31.0. The number of halogens is 4. The molecule has 0 saturated carbocycles. The number of hydrogen-bond donors (Lipinski definition) is 3. The fourth-order valence-corrected chi connectivity index (χ4v) is 4.66. The molecule has 4 aromatic rings. The third kappa shape index (κ3) is 6.79. The molecule has 0 radical (unpaired) electrons. The second kappa shape index (κ2) is 13.2. The van der Waals surface area contributed by atoms with Crippen LogP contribution in [0.5, 0.6) is 5.75 Å². The molecule has 0 saturated heterocycles. The van der Waals surface area contributed by atoms with Crippen molar-refractivity contribution < 1.29 is 24.2 Å². The molecule has 2 aromatic heterocycles. The lowest BCUT2D eigenvalue weighted by atomic mass is 10.2. The Morgan fingerprint density at radius 2 is 1.90 bits per heavy atom. The summed E-state index contributed by atoms with van der Waals surface area (Å²) < 4.78 is 8.68. The van der Waals surface area contributed by atoms with Crippen LogP contribution in [0.3, 0.4) is 0 Å². The molecule has 2 heterocycles. The molecular weight excluding hydrogens is 649 g/mol. The van der Waals surface area contributed by atoms with Crippen LogP contribution in [0.25, 0.3) is 5.65 Å². The summed E-state index contributed by atoms with van der Waals surface area (Å²) in [6, 6.07) is 11.9. The molecule has 4 rings (SSSR count). The minimum Gasteiger partial charge on any atom is -0.485 e. The van der Waals surface area contributed by atoms with Crippen LogP contribution in [0.1, 0.15) is 21.6 Å². The van der Waals surface area contributed by atoms with Gasteiger partial charge in [-0.15, -0.1) is 12.4 Å². The van der Waals surface area contributed by atoms with Crippen molar-refractivity contribution in [3.8, 4) is 5.75 Å². The highest BCUT2D eigenvalue weighted by atomic mass is 79.9. The number of carboxylic acid groups (broad SMARTS) is 1. The Balaban J connectivity index is 0.00000441. The maximum Gasteiger partial charge on any atom is 0.335 e. The van der Waals surface area contributed by atoms with E-state index in [1.165, 1.54) is 36.2 Å². The van der Waals surface area contributed by atoms with Crippen LogP contribution >= 0.6 is 51.5 Å². The lowest BCUT2D eigenvalue weighted by Gasteiger charge is -2.21. The molecule has 210 valence electrons. The molecule has 40 heavy (non-hydrogen) atoms. The molecule has 3 N–H and O–H groups in total. The quantitative estimate of drug-likeness (QED) is 0.205. The topological polar surface area (TPSA) is 125 Å². The first-order valence-electron chi connectivity index (χ1n) is 11.4. The predicted molar refractivity (Wildman–Crippen MR) is 160 cm³/mol. The van der Waals surface area contributed by atoms with Crippen molar-refractivity contribution in [2.45, 2.75) is 13.5 Å². The first-order valence-corrected chi connectivity index (χ1v) is 13.0. The minimum absolute atomic E-state index is 0. The zero-order valence-corrected chi connectivity index (χ0v) is 25.0. The van der Waals surface area contributed by atoms with Crippen molar-refractivity contribution in [2.24, 2.45) is 0 Å². The van der Waals surface area contributed by atoms with Gasteiger partial charge in [-0.1, -0.05) is 29.3 Å². The highest BCUT2D eigenvalue weighted by Gasteiger charge is 2.20. The van der Waals surface area contributed by atoms with Crippen molar-refractivity contribution >= 4 is 86.5 Å². The molecule has 0 aliphatic heterocycles. The van der Waals surface area contributed by atoms with Gasteiger partial charge in [-0.25, -0.2) is 14.6 Å². The summed E-state index contributed by atoms with van der Waals surface area (Å²) >= 11 is 16.6. The number of benzene rings is 2. The lowest BCUT2D eigenvalue weighted by molar-refractivity contribution is -0.117. The lowest BCUT2D eigenvalue weighted by Crippen LogP contribution is -2.40. The van der Waals surface area contributed by atoms with E-state index in [2.05, 4.69) is 31.5 Å². The van der Waals surface area contributed by atoms with Gasteiger partial charge in [-0.05, 0) is 65.3 Å². The summed E-state index contributed by atoms with van der Waals surface area (Å²) in [5, 5.41) is 14.6. The molecule has 14 heteroatoms.